The lowest BCUT2D eigenvalue weighted by atomic mass is 9.70. The van der Waals surface area contributed by atoms with Gasteiger partial charge in [-0.2, -0.15) is 0 Å². The van der Waals surface area contributed by atoms with E-state index in [0.717, 1.165) is 18.4 Å². The van der Waals surface area contributed by atoms with Crippen LogP contribution in [0.5, 0.6) is 5.75 Å². The summed E-state index contributed by atoms with van der Waals surface area (Å²) in [6.07, 6.45) is 2.71. The van der Waals surface area contributed by atoms with Crippen molar-refractivity contribution < 1.29 is 29.0 Å². The molecule has 9 nitrogen and oxygen atoms in total. The van der Waals surface area contributed by atoms with Crippen LogP contribution in [0.2, 0.25) is 0 Å². The summed E-state index contributed by atoms with van der Waals surface area (Å²) in [7, 11) is 0. The van der Waals surface area contributed by atoms with Crippen molar-refractivity contribution >= 4 is 23.4 Å². The monoisotopic (exact) mass is 563 g/mol. The number of aliphatic hydroxyl groups is 1. The summed E-state index contributed by atoms with van der Waals surface area (Å²) in [6, 6.07) is 15.1. The molecular weight excluding hydrogens is 522 g/mol. The molecule has 0 radical (unpaired) electrons. The van der Waals surface area contributed by atoms with Gasteiger partial charge in [0.05, 0.1) is 37.2 Å². The van der Waals surface area contributed by atoms with E-state index in [0.29, 0.717) is 37.3 Å². The molecule has 3 aliphatic heterocycles. The molecule has 5 rings (SSSR count). The zero-order valence-electron chi connectivity index (χ0n) is 24.0. The SMILES string of the molecule is CCCC(C)NC(=O)C1N([C@@H](CO)Cc2ccccc2)C(=O)[C@@H]2[C@@H](C(=O)Nc3ccc(OCC)cc3)[C@H]3CCC12O3. The van der Waals surface area contributed by atoms with Crippen LogP contribution in [0.15, 0.2) is 54.6 Å². The fraction of sp³-hybridized carbons (Fsp3) is 0.531. The highest BCUT2D eigenvalue weighted by Crippen LogP contribution is 2.59. The van der Waals surface area contributed by atoms with Gasteiger partial charge < -0.3 is 30.1 Å². The average Bonchev–Trinajstić information content (AvgIpc) is 3.61. The first-order valence-electron chi connectivity index (χ1n) is 14.8. The third-order valence-corrected chi connectivity index (χ3v) is 8.75. The van der Waals surface area contributed by atoms with E-state index in [1.807, 2.05) is 44.2 Å². The lowest BCUT2D eigenvalue weighted by Gasteiger charge is -2.37. The average molecular weight is 564 g/mol. The molecule has 2 aromatic carbocycles. The molecule has 3 aliphatic rings. The van der Waals surface area contributed by atoms with Crippen molar-refractivity contribution in [2.75, 3.05) is 18.5 Å². The number of benzene rings is 2. The lowest BCUT2D eigenvalue weighted by molar-refractivity contribution is -0.145. The number of hydrogen-bond acceptors (Lipinski definition) is 6. The largest absolute Gasteiger partial charge is 0.494 e. The van der Waals surface area contributed by atoms with E-state index in [1.165, 1.54) is 4.90 Å². The van der Waals surface area contributed by atoms with Gasteiger partial charge in [-0.05, 0) is 69.4 Å². The number of hydrogen-bond donors (Lipinski definition) is 3. The Balaban J connectivity index is 1.46. The molecule has 41 heavy (non-hydrogen) atoms. The van der Waals surface area contributed by atoms with Crippen molar-refractivity contribution in [1.29, 1.82) is 0 Å². The van der Waals surface area contributed by atoms with Crippen molar-refractivity contribution in [3.63, 3.8) is 0 Å². The zero-order valence-corrected chi connectivity index (χ0v) is 24.0. The maximum absolute atomic E-state index is 14.3. The first-order chi connectivity index (χ1) is 19.8. The van der Waals surface area contributed by atoms with Crippen LogP contribution in [0, 0.1) is 11.8 Å². The standard InChI is InChI=1S/C32H41N3O6/c1-4-9-20(3)33-30(38)28-32-17-16-25(41-32)26(29(37)34-22-12-14-24(15-13-22)40-5-2)27(32)31(39)35(28)23(19-36)18-21-10-7-6-8-11-21/h6-8,10-15,20,23,25-28,36H,4-5,9,16-19H2,1-3H3,(H,33,38)(H,34,37)/t20?,23-,25-,26+,27+,28?,32?/m1/s1. The number of amides is 3. The van der Waals surface area contributed by atoms with Gasteiger partial charge in [0.1, 0.15) is 17.4 Å². The van der Waals surface area contributed by atoms with E-state index >= 15 is 0 Å². The summed E-state index contributed by atoms with van der Waals surface area (Å²) in [5.41, 5.74) is 0.419. The number of nitrogens with zero attached hydrogens (tertiary/aromatic N) is 1. The van der Waals surface area contributed by atoms with Crippen molar-refractivity contribution in [3.8, 4) is 5.75 Å². The maximum Gasteiger partial charge on any atom is 0.246 e. The first kappa shape index (κ1) is 29.1. The molecule has 3 fully saturated rings. The van der Waals surface area contributed by atoms with E-state index in [1.54, 1.807) is 24.3 Å². The minimum absolute atomic E-state index is 0.0843. The fourth-order valence-electron chi connectivity index (χ4n) is 7.07. The number of carbonyl (C=O) groups is 3. The van der Waals surface area contributed by atoms with Gasteiger partial charge in [0.2, 0.25) is 17.7 Å². The van der Waals surface area contributed by atoms with Gasteiger partial charge in [0.25, 0.3) is 0 Å². The summed E-state index contributed by atoms with van der Waals surface area (Å²) in [5.74, 6) is -1.76. The van der Waals surface area contributed by atoms with Crippen molar-refractivity contribution in [2.24, 2.45) is 11.8 Å². The second-order valence-corrected chi connectivity index (χ2v) is 11.5. The van der Waals surface area contributed by atoms with Crippen LogP contribution in [0.25, 0.3) is 0 Å². The molecule has 0 aromatic heterocycles. The quantitative estimate of drug-likeness (QED) is 0.365. The van der Waals surface area contributed by atoms with Gasteiger partial charge in [-0.3, -0.25) is 14.4 Å². The fourth-order valence-corrected chi connectivity index (χ4v) is 7.07. The van der Waals surface area contributed by atoms with Crippen LogP contribution >= 0.6 is 0 Å². The van der Waals surface area contributed by atoms with Crippen LogP contribution in [0.4, 0.5) is 5.69 Å². The minimum Gasteiger partial charge on any atom is -0.494 e. The summed E-state index contributed by atoms with van der Waals surface area (Å²) < 4.78 is 12.0. The second kappa shape index (κ2) is 12.2. The molecule has 9 heteroatoms. The summed E-state index contributed by atoms with van der Waals surface area (Å²) in [4.78, 5) is 43.6. The van der Waals surface area contributed by atoms with Crippen LogP contribution in [0.1, 0.15) is 52.0 Å². The number of aliphatic hydroxyl groups excluding tert-OH is 1. The van der Waals surface area contributed by atoms with Gasteiger partial charge in [-0.1, -0.05) is 43.7 Å². The third kappa shape index (κ3) is 5.45. The summed E-state index contributed by atoms with van der Waals surface area (Å²) in [5, 5.41) is 16.6. The van der Waals surface area contributed by atoms with Gasteiger partial charge in [-0.15, -0.1) is 0 Å². The van der Waals surface area contributed by atoms with Crippen LogP contribution < -0.4 is 15.4 Å². The predicted octanol–water partition coefficient (Wildman–Crippen LogP) is 3.31. The molecule has 3 amide bonds. The number of carbonyl (C=O) groups excluding carboxylic acids is 3. The third-order valence-electron chi connectivity index (χ3n) is 8.75. The lowest BCUT2D eigenvalue weighted by Crippen LogP contribution is -2.59. The van der Waals surface area contributed by atoms with Crippen molar-refractivity contribution in [1.82, 2.24) is 10.2 Å². The Morgan fingerprint density at radius 3 is 2.51 bits per heavy atom. The topological polar surface area (TPSA) is 117 Å². The van der Waals surface area contributed by atoms with Gasteiger partial charge in [0.15, 0.2) is 0 Å². The number of ether oxygens (including phenoxy) is 2. The molecule has 2 bridgehead atoms. The molecule has 2 aromatic rings. The Hall–Kier alpha value is -3.43. The van der Waals surface area contributed by atoms with E-state index in [9.17, 15) is 19.5 Å². The molecule has 3 heterocycles. The number of anilines is 1. The Morgan fingerprint density at radius 2 is 1.85 bits per heavy atom. The predicted molar refractivity (Wildman–Crippen MR) is 154 cm³/mol. The number of likely N-dealkylation sites (tertiary alicyclic amines) is 1. The number of fused-ring (bicyclic) bond motifs is 1. The van der Waals surface area contributed by atoms with Crippen LogP contribution in [0.3, 0.4) is 0 Å². The minimum atomic E-state index is -1.12. The summed E-state index contributed by atoms with van der Waals surface area (Å²) in [6.45, 7) is 6.14. The van der Waals surface area contributed by atoms with E-state index in [2.05, 4.69) is 17.6 Å². The second-order valence-electron chi connectivity index (χ2n) is 11.5. The zero-order chi connectivity index (χ0) is 29.1. The highest BCUT2D eigenvalue weighted by atomic mass is 16.5. The molecule has 0 saturated carbocycles. The number of rotatable bonds is 12. The highest BCUT2D eigenvalue weighted by molar-refractivity contribution is 6.02. The van der Waals surface area contributed by atoms with Crippen molar-refractivity contribution in [2.45, 2.75) is 82.7 Å². The maximum atomic E-state index is 14.3. The van der Waals surface area contributed by atoms with Gasteiger partial charge in [-0.25, -0.2) is 0 Å². The van der Waals surface area contributed by atoms with Crippen molar-refractivity contribution in [3.05, 3.63) is 60.2 Å². The molecule has 1 spiro atoms. The number of nitrogens with one attached hydrogen (secondary N) is 2. The normalized spacial score (nSPS) is 27.8. The smallest absolute Gasteiger partial charge is 0.246 e. The summed E-state index contributed by atoms with van der Waals surface area (Å²) >= 11 is 0. The van der Waals surface area contributed by atoms with E-state index in [4.69, 9.17) is 9.47 Å². The Bertz CT molecular complexity index is 1240. The Kier molecular flexibility index (Phi) is 8.66. The molecule has 220 valence electrons. The Morgan fingerprint density at radius 1 is 1.12 bits per heavy atom. The molecular formula is C32H41N3O6. The van der Waals surface area contributed by atoms with Gasteiger partial charge >= 0.3 is 0 Å². The van der Waals surface area contributed by atoms with Crippen LogP contribution in [-0.4, -0.2) is 70.8 Å². The van der Waals surface area contributed by atoms with E-state index < -0.39 is 35.6 Å². The van der Waals surface area contributed by atoms with E-state index in [-0.39, 0.29) is 30.4 Å². The molecule has 3 N–H and O–H groups in total. The first-order valence-corrected chi connectivity index (χ1v) is 14.8. The van der Waals surface area contributed by atoms with Crippen LogP contribution in [-0.2, 0) is 25.5 Å². The molecule has 7 atom stereocenters. The Labute approximate surface area is 241 Å². The molecule has 3 saturated heterocycles. The molecule has 3 unspecified atom stereocenters. The molecule has 0 aliphatic carbocycles. The van der Waals surface area contributed by atoms with Gasteiger partial charge in [0, 0.05) is 11.7 Å². The highest BCUT2D eigenvalue weighted by Gasteiger charge is 2.75.